The van der Waals surface area contributed by atoms with E-state index in [0.29, 0.717) is 13.0 Å². The molecule has 14 heteroatoms. The molecule has 0 saturated carbocycles. The zero-order valence-corrected chi connectivity index (χ0v) is 20.2. The number of piperidine rings is 1. The van der Waals surface area contributed by atoms with E-state index in [1.165, 1.54) is 12.1 Å². The first-order chi connectivity index (χ1) is 16.6. The number of halogens is 7. The van der Waals surface area contributed by atoms with Crippen molar-refractivity contribution in [2.75, 3.05) is 13.6 Å². The van der Waals surface area contributed by atoms with Gasteiger partial charge in [-0.25, -0.2) is 0 Å². The smallest absolute Gasteiger partial charge is 0.376 e. The topological polar surface area (TPSA) is 75.7 Å². The Morgan fingerprint density at radius 2 is 1.78 bits per heavy atom. The fourth-order valence-electron chi connectivity index (χ4n) is 4.00. The molecule has 2 atom stereocenters. The number of rotatable bonds is 6. The number of hydrogen-bond acceptors (Lipinski definition) is 5. The molecule has 1 aliphatic rings. The van der Waals surface area contributed by atoms with Crippen LogP contribution in [0.4, 0.5) is 26.3 Å². The van der Waals surface area contributed by atoms with Crippen LogP contribution in [0.25, 0.3) is 0 Å². The molecule has 1 N–H and O–H groups in total. The Hall–Kier alpha value is -2.51. The molecule has 1 saturated heterocycles. The summed E-state index contributed by atoms with van der Waals surface area (Å²) in [5.41, 5.74) is -7.10. The molecule has 0 spiro atoms. The van der Waals surface area contributed by atoms with Crippen molar-refractivity contribution in [2.45, 2.75) is 43.0 Å². The lowest BCUT2D eigenvalue weighted by atomic mass is 9.90. The van der Waals surface area contributed by atoms with Crippen LogP contribution in [0, 0.1) is 0 Å². The molecule has 1 unspecified atom stereocenters. The molecule has 0 radical (unpaired) electrons. The number of hydrogen-bond donors (Lipinski definition) is 1. The summed E-state index contributed by atoms with van der Waals surface area (Å²) in [6.45, 7) is 0.625. The highest BCUT2D eigenvalue weighted by atomic mass is 35.5. The van der Waals surface area contributed by atoms with E-state index in [9.17, 15) is 39.6 Å². The Morgan fingerprint density at radius 3 is 2.39 bits per heavy atom. The number of amides is 1. The average molecular weight is 559 g/mol. The summed E-state index contributed by atoms with van der Waals surface area (Å²) in [6.07, 6.45) is -2.65. The summed E-state index contributed by atoms with van der Waals surface area (Å²) in [4.78, 5) is 15.0. The molecule has 0 aromatic heterocycles. The van der Waals surface area contributed by atoms with Gasteiger partial charge in [-0.15, -0.1) is 0 Å². The summed E-state index contributed by atoms with van der Waals surface area (Å²) in [7, 11) is -4.18. The average Bonchev–Trinajstić information content (AvgIpc) is 2.76. The van der Waals surface area contributed by atoms with E-state index in [1.807, 2.05) is 4.90 Å². The largest absolute Gasteiger partial charge is 0.534 e. The second-order valence-electron chi connectivity index (χ2n) is 8.22. The van der Waals surface area contributed by atoms with Gasteiger partial charge in [0.15, 0.2) is 0 Å². The second kappa shape index (κ2) is 10.5. The standard InChI is InChI=1S/C22H21ClF6N2O4S/c1-31-11-3-2-10-17(31)19(13-6-4-7-14(12-13)35-36(33,34)22(27,28)29)30-20(32)15-8-5-9-16(18(15)23)21(24,25)26/h4-9,12,17,19H,2-3,10-11H2,1H3,(H,30,32)/t17-,19?/m0/s1. The number of carbonyl (C=O) groups excluding carboxylic acids is 1. The lowest BCUT2D eigenvalue weighted by Crippen LogP contribution is -2.47. The SMILES string of the molecule is CN1CCCC[C@H]1C(NC(=O)c1cccc(C(F)(F)F)c1Cl)c1cccc(OS(=O)(=O)C(F)(F)F)c1. The number of carbonyl (C=O) groups is 1. The number of benzene rings is 2. The molecule has 2 aromatic carbocycles. The van der Waals surface area contributed by atoms with Gasteiger partial charge in [-0.3, -0.25) is 4.79 Å². The van der Waals surface area contributed by atoms with Gasteiger partial charge >= 0.3 is 21.8 Å². The van der Waals surface area contributed by atoms with E-state index in [2.05, 4.69) is 9.50 Å². The fraction of sp³-hybridized carbons (Fsp3) is 0.409. The Labute approximate surface area is 208 Å². The van der Waals surface area contributed by atoms with E-state index in [-0.39, 0.29) is 5.56 Å². The van der Waals surface area contributed by atoms with Crippen molar-refractivity contribution in [1.29, 1.82) is 0 Å². The van der Waals surface area contributed by atoms with Gasteiger partial charge in [-0.1, -0.05) is 36.2 Å². The third-order valence-corrected chi connectivity index (χ3v) is 7.14. The van der Waals surface area contributed by atoms with Gasteiger partial charge in [0, 0.05) is 6.04 Å². The van der Waals surface area contributed by atoms with Crippen LogP contribution in [-0.4, -0.2) is 44.4 Å². The molecule has 1 heterocycles. The fourth-order valence-corrected chi connectivity index (χ4v) is 4.77. The van der Waals surface area contributed by atoms with Crippen LogP contribution in [0.1, 0.15) is 46.8 Å². The van der Waals surface area contributed by atoms with Crippen molar-refractivity contribution in [1.82, 2.24) is 10.2 Å². The van der Waals surface area contributed by atoms with Crippen LogP contribution in [0.15, 0.2) is 42.5 Å². The summed E-state index contributed by atoms with van der Waals surface area (Å²) in [6, 6.07) is 6.25. The minimum Gasteiger partial charge on any atom is -0.376 e. The molecule has 1 fully saturated rings. The summed E-state index contributed by atoms with van der Waals surface area (Å²) in [5, 5.41) is 1.83. The maximum absolute atomic E-state index is 13.3. The highest BCUT2D eigenvalue weighted by Gasteiger charge is 2.48. The highest BCUT2D eigenvalue weighted by molar-refractivity contribution is 7.88. The first-order valence-electron chi connectivity index (χ1n) is 10.6. The van der Waals surface area contributed by atoms with Crippen LogP contribution in [0.2, 0.25) is 5.02 Å². The molecule has 1 aliphatic heterocycles. The predicted molar refractivity (Wildman–Crippen MR) is 119 cm³/mol. The van der Waals surface area contributed by atoms with Crippen LogP contribution in [0.5, 0.6) is 5.75 Å². The molecular formula is C22H21ClF6N2O4S. The monoisotopic (exact) mass is 558 g/mol. The predicted octanol–water partition coefficient (Wildman–Crippen LogP) is 5.54. The summed E-state index contributed by atoms with van der Waals surface area (Å²) in [5.74, 6) is -1.58. The minimum absolute atomic E-state index is 0.195. The molecule has 0 bridgehead atoms. The van der Waals surface area contributed by atoms with Gasteiger partial charge in [0.1, 0.15) is 5.75 Å². The van der Waals surface area contributed by atoms with Gasteiger partial charge in [0.25, 0.3) is 5.91 Å². The molecule has 3 rings (SSSR count). The molecule has 6 nitrogen and oxygen atoms in total. The Bertz CT molecular complexity index is 1220. The zero-order valence-electron chi connectivity index (χ0n) is 18.7. The van der Waals surface area contributed by atoms with E-state index in [0.717, 1.165) is 43.2 Å². The van der Waals surface area contributed by atoms with E-state index < -0.39 is 61.7 Å². The Morgan fingerprint density at radius 1 is 1.11 bits per heavy atom. The normalized spacial score (nSPS) is 18.5. The lowest BCUT2D eigenvalue weighted by molar-refractivity contribution is -0.137. The van der Waals surface area contributed by atoms with Crippen molar-refractivity contribution in [3.8, 4) is 5.75 Å². The minimum atomic E-state index is -5.94. The van der Waals surface area contributed by atoms with Gasteiger partial charge in [-0.2, -0.15) is 34.8 Å². The maximum Gasteiger partial charge on any atom is 0.534 e. The number of nitrogens with one attached hydrogen (secondary N) is 1. The maximum atomic E-state index is 13.3. The third kappa shape index (κ3) is 6.24. The number of likely N-dealkylation sites (tertiary alicyclic amines) is 1. The molecule has 198 valence electrons. The summed E-state index contributed by atoms with van der Waals surface area (Å²) < 4.78 is 105. The molecular weight excluding hydrogens is 538 g/mol. The highest BCUT2D eigenvalue weighted by Crippen LogP contribution is 2.37. The van der Waals surface area contributed by atoms with E-state index in [1.54, 1.807) is 7.05 Å². The van der Waals surface area contributed by atoms with Crippen molar-refractivity contribution >= 4 is 27.6 Å². The second-order valence-corrected chi connectivity index (χ2v) is 10.1. The number of nitrogens with zero attached hydrogens (tertiary/aromatic N) is 1. The third-order valence-electron chi connectivity index (χ3n) is 5.75. The van der Waals surface area contributed by atoms with Gasteiger partial charge < -0.3 is 14.4 Å². The van der Waals surface area contributed by atoms with E-state index >= 15 is 0 Å². The van der Waals surface area contributed by atoms with Crippen LogP contribution < -0.4 is 9.50 Å². The Kier molecular flexibility index (Phi) is 8.16. The lowest BCUT2D eigenvalue weighted by Gasteiger charge is -2.38. The van der Waals surface area contributed by atoms with Crippen LogP contribution >= 0.6 is 11.6 Å². The van der Waals surface area contributed by atoms with Crippen molar-refractivity contribution in [2.24, 2.45) is 0 Å². The Balaban J connectivity index is 1.99. The van der Waals surface area contributed by atoms with Gasteiger partial charge in [0.05, 0.1) is 22.2 Å². The van der Waals surface area contributed by atoms with E-state index in [4.69, 9.17) is 11.6 Å². The van der Waals surface area contributed by atoms with Crippen molar-refractivity contribution in [3.63, 3.8) is 0 Å². The first-order valence-corrected chi connectivity index (χ1v) is 12.4. The van der Waals surface area contributed by atoms with Crippen LogP contribution in [0.3, 0.4) is 0 Å². The van der Waals surface area contributed by atoms with Crippen molar-refractivity contribution < 1.29 is 43.7 Å². The molecule has 36 heavy (non-hydrogen) atoms. The number of alkyl halides is 6. The van der Waals surface area contributed by atoms with Crippen LogP contribution in [-0.2, 0) is 16.3 Å². The molecule has 2 aromatic rings. The first kappa shape index (κ1) is 28.1. The molecule has 1 amide bonds. The zero-order chi connectivity index (χ0) is 26.9. The molecule has 0 aliphatic carbocycles. The van der Waals surface area contributed by atoms with Crippen molar-refractivity contribution in [3.05, 3.63) is 64.2 Å². The van der Waals surface area contributed by atoms with Gasteiger partial charge in [0.2, 0.25) is 0 Å². The number of likely N-dealkylation sites (N-methyl/N-ethyl adjacent to an activating group) is 1. The summed E-state index contributed by atoms with van der Waals surface area (Å²) >= 11 is 5.89. The quantitative estimate of drug-likeness (QED) is 0.286. The van der Waals surface area contributed by atoms with Gasteiger partial charge in [-0.05, 0) is 56.3 Å².